The van der Waals surface area contributed by atoms with Crippen LogP contribution in [0.1, 0.15) is 12.0 Å². The molecule has 1 aliphatic rings. The van der Waals surface area contributed by atoms with Crippen molar-refractivity contribution in [3.8, 4) is 5.75 Å². The molecule has 162 valence electrons. The molecular formula is C25H23N3O3S. The molecule has 4 rings (SSSR count). The number of aliphatic imine (C=N–C) groups is 1. The van der Waals surface area contributed by atoms with E-state index in [0.29, 0.717) is 23.1 Å². The quantitative estimate of drug-likeness (QED) is 0.564. The van der Waals surface area contributed by atoms with Gasteiger partial charge in [-0.15, -0.1) is 0 Å². The Bertz CT molecular complexity index is 1100. The van der Waals surface area contributed by atoms with E-state index in [1.807, 2.05) is 84.9 Å². The van der Waals surface area contributed by atoms with Crippen LogP contribution in [0.25, 0.3) is 0 Å². The van der Waals surface area contributed by atoms with Gasteiger partial charge in [0.2, 0.25) is 11.8 Å². The van der Waals surface area contributed by atoms with Crippen LogP contribution in [-0.2, 0) is 16.1 Å². The predicted molar refractivity (Wildman–Crippen MR) is 128 cm³/mol. The predicted octanol–water partition coefficient (Wildman–Crippen LogP) is 4.86. The second-order valence-electron chi connectivity index (χ2n) is 7.23. The van der Waals surface area contributed by atoms with Crippen LogP contribution < -0.4 is 10.1 Å². The van der Waals surface area contributed by atoms with Crippen LogP contribution in [0.4, 0.5) is 11.4 Å². The summed E-state index contributed by atoms with van der Waals surface area (Å²) in [7, 11) is 1.61. The second-order valence-corrected chi connectivity index (χ2v) is 8.40. The first-order valence-corrected chi connectivity index (χ1v) is 11.1. The van der Waals surface area contributed by atoms with Crippen molar-refractivity contribution in [3.05, 3.63) is 90.5 Å². The Morgan fingerprint density at radius 2 is 1.66 bits per heavy atom. The van der Waals surface area contributed by atoms with Crippen molar-refractivity contribution < 1.29 is 14.3 Å². The molecule has 1 unspecified atom stereocenters. The van der Waals surface area contributed by atoms with Gasteiger partial charge in [-0.05, 0) is 42.0 Å². The van der Waals surface area contributed by atoms with Gasteiger partial charge in [-0.2, -0.15) is 0 Å². The van der Waals surface area contributed by atoms with Gasteiger partial charge in [0, 0.05) is 12.1 Å². The van der Waals surface area contributed by atoms with Crippen LogP contribution in [0.2, 0.25) is 0 Å². The van der Waals surface area contributed by atoms with Gasteiger partial charge in [0.05, 0.1) is 19.3 Å². The van der Waals surface area contributed by atoms with Gasteiger partial charge in [-0.3, -0.25) is 14.5 Å². The second kappa shape index (κ2) is 10.2. The number of hydrogen-bond donors (Lipinski definition) is 1. The van der Waals surface area contributed by atoms with Crippen molar-refractivity contribution in [2.24, 2.45) is 4.99 Å². The molecule has 3 aromatic rings. The van der Waals surface area contributed by atoms with Crippen molar-refractivity contribution in [1.82, 2.24) is 4.90 Å². The summed E-state index contributed by atoms with van der Waals surface area (Å²) in [6.07, 6.45) is 0.0747. The molecule has 0 aliphatic carbocycles. The van der Waals surface area contributed by atoms with Crippen LogP contribution in [0, 0.1) is 0 Å². The van der Waals surface area contributed by atoms with E-state index in [0.717, 1.165) is 11.3 Å². The standard InChI is InChI=1S/C25H23N3O3S/c1-31-21-14-12-20(13-15-21)27-25-28(17-18-8-4-2-5-9-18)24(30)22(32-25)16-23(29)26-19-10-6-3-7-11-19/h2-15,22H,16-17H2,1H3,(H,26,29). The van der Waals surface area contributed by atoms with Gasteiger partial charge in [-0.1, -0.05) is 60.3 Å². The Kier molecular flexibility index (Phi) is 6.87. The van der Waals surface area contributed by atoms with Gasteiger partial charge in [0.1, 0.15) is 11.0 Å². The zero-order valence-corrected chi connectivity index (χ0v) is 18.4. The fourth-order valence-corrected chi connectivity index (χ4v) is 4.46. The van der Waals surface area contributed by atoms with E-state index in [9.17, 15) is 9.59 Å². The Labute approximate surface area is 191 Å². The molecule has 1 aliphatic heterocycles. The zero-order valence-electron chi connectivity index (χ0n) is 17.6. The number of para-hydroxylation sites is 1. The van der Waals surface area contributed by atoms with E-state index in [4.69, 9.17) is 9.73 Å². The third-order valence-corrected chi connectivity index (χ3v) is 6.10. The normalized spacial score (nSPS) is 16.9. The molecule has 3 aromatic carbocycles. The average molecular weight is 446 g/mol. The van der Waals surface area contributed by atoms with Crippen LogP contribution in [0.5, 0.6) is 5.75 Å². The molecule has 1 N–H and O–H groups in total. The minimum absolute atomic E-state index is 0.0747. The number of methoxy groups -OCH3 is 1. The van der Waals surface area contributed by atoms with Gasteiger partial charge in [0.15, 0.2) is 5.17 Å². The minimum atomic E-state index is -0.528. The van der Waals surface area contributed by atoms with E-state index in [-0.39, 0.29) is 18.2 Å². The molecule has 0 saturated carbocycles. The molecule has 1 fully saturated rings. The fraction of sp³-hybridized carbons (Fsp3) is 0.160. The topological polar surface area (TPSA) is 71.0 Å². The highest BCUT2D eigenvalue weighted by Gasteiger charge is 2.39. The number of hydrogen-bond acceptors (Lipinski definition) is 5. The Morgan fingerprint density at radius 1 is 1.00 bits per heavy atom. The maximum Gasteiger partial charge on any atom is 0.242 e. The molecule has 7 heteroatoms. The number of ether oxygens (including phenoxy) is 1. The molecule has 0 spiro atoms. The number of carbonyl (C=O) groups is 2. The number of nitrogens with one attached hydrogen (secondary N) is 1. The van der Waals surface area contributed by atoms with Crippen molar-refractivity contribution in [2.75, 3.05) is 12.4 Å². The molecule has 2 amide bonds. The largest absolute Gasteiger partial charge is 0.497 e. The van der Waals surface area contributed by atoms with Crippen LogP contribution in [0.3, 0.4) is 0 Å². The van der Waals surface area contributed by atoms with E-state index < -0.39 is 5.25 Å². The highest BCUT2D eigenvalue weighted by Crippen LogP contribution is 2.33. The van der Waals surface area contributed by atoms with Crippen molar-refractivity contribution in [2.45, 2.75) is 18.2 Å². The summed E-state index contributed by atoms with van der Waals surface area (Å²) in [5, 5.41) is 2.91. The van der Waals surface area contributed by atoms with Crippen LogP contribution >= 0.6 is 11.8 Å². The number of thioether (sulfide) groups is 1. The Morgan fingerprint density at radius 3 is 2.31 bits per heavy atom. The summed E-state index contributed by atoms with van der Waals surface area (Å²) in [5.41, 5.74) is 2.42. The maximum atomic E-state index is 13.2. The zero-order chi connectivity index (χ0) is 22.3. The summed E-state index contributed by atoms with van der Waals surface area (Å²) >= 11 is 1.32. The van der Waals surface area contributed by atoms with Crippen molar-refractivity contribution >= 4 is 40.1 Å². The van der Waals surface area contributed by atoms with Gasteiger partial charge < -0.3 is 10.1 Å². The van der Waals surface area contributed by atoms with E-state index in [1.165, 1.54) is 11.8 Å². The molecule has 1 heterocycles. The lowest BCUT2D eigenvalue weighted by molar-refractivity contribution is -0.128. The SMILES string of the molecule is COc1ccc(N=C2SC(CC(=O)Nc3ccccc3)C(=O)N2Cc2ccccc2)cc1. The third-order valence-electron chi connectivity index (χ3n) is 4.93. The third kappa shape index (κ3) is 5.36. The molecule has 1 saturated heterocycles. The van der Waals surface area contributed by atoms with Crippen LogP contribution in [-0.4, -0.2) is 34.2 Å². The van der Waals surface area contributed by atoms with E-state index >= 15 is 0 Å². The molecule has 0 bridgehead atoms. The Balaban J connectivity index is 1.54. The summed E-state index contributed by atoms with van der Waals surface area (Å²) in [6, 6.07) is 26.3. The van der Waals surface area contributed by atoms with Gasteiger partial charge >= 0.3 is 0 Å². The molecule has 0 aromatic heterocycles. The lowest BCUT2D eigenvalue weighted by Crippen LogP contribution is -2.33. The number of rotatable bonds is 7. The number of amidine groups is 1. The number of benzene rings is 3. The summed E-state index contributed by atoms with van der Waals surface area (Å²) in [6.45, 7) is 0.401. The summed E-state index contributed by atoms with van der Waals surface area (Å²) in [4.78, 5) is 32.1. The highest BCUT2D eigenvalue weighted by atomic mass is 32.2. The fourth-order valence-electron chi connectivity index (χ4n) is 3.31. The first kappa shape index (κ1) is 21.6. The number of carbonyl (C=O) groups excluding carboxylic acids is 2. The lowest BCUT2D eigenvalue weighted by Gasteiger charge is -2.16. The summed E-state index contributed by atoms with van der Waals surface area (Å²) < 4.78 is 5.20. The van der Waals surface area contributed by atoms with Crippen molar-refractivity contribution in [3.63, 3.8) is 0 Å². The smallest absolute Gasteiger partial charge is 0.242 e. The number of nitrogens with zero attached hydrogens (tertiary/aromatic N) is 2. The van der Waals surface area contributed by atoms with E-state index in [1.54, 1.807) is 12.0 Å². The Hall–Kier alpha value is -3.58. The highest BCUT2D eigenvalue weighted by molar-refractivity contribution is 8.15. The first-order valence-electron chi connectivity index (χ1n) is 10.2. The summed E-state index contributed by atoms with van der Waals surface area (Å²) in [5.74, 6) is 0.419. The number of amides is 2. The van der Waals surface area contributed by atoms with Gasteiger partial charge in [-0.25, -0.2) is 4.99 Å². The van der Waals surface area contributed by atoms with Gasteiger partial charge in [0.25, 0.3) is 0 Å². The monoisotopic (exact) mass is 445 g/mol. The van der Waals surface area contributed by atoms with Crippen LogP contribution in [0.15, 0.2) is 89.9 Å². The number of anilines is 1. The molecule has 0 radical (unpaired) electrons. The molecule has 32 heavy (non-hydrogen) atoms. The maximum absolute atomic E-state index is 13.2. The molecule has 6 nitrogen and oxygen atoms in total. The lowest BCUT2D eigenvalue weighted by atomic mass is 10.2. The van der Waals surface area contributed by atoms with Crippen molar-refractivity contribution in [1.29, 1.82) is 0 Å². The first-order chi connectivity index (χ1) is 15.6. The average Bonchev–Trinajstić information content (AvgIpc) is 3.09. The molecule has 1 atom stereocenters. The minimum Gasteiger partial charge on any atom is -0.497 e. The molecular weight excluding hydrogens is 422 g/mol. The van der Waals surface area contributed by atoms with E-state index in [2.05, 4.69) is 5.32 Å².